The van der Waals surface area contributed by atoms with Gasteiger partial charge in [0.1, 0.15) is 0 Å². The van der Waals surface area contributed by atoms with Crippen molar-refractivity contribution in [1.29, 1.82) is 0 Å². The SMILES string of the molecule is CCN(CC)CCNC(CO)(c1ccc(Cl)cc1)C1CC1. The lowest BCUT2D eigenvalue weighted by Crippen LogP contribution is -2.50. The molecule has 0 radical (unpaired) electrons. The van der Waals surface area contributed by atoms with E-state index in [1.165, 1.54) is 12.8 Å². The Hall–Kier alpha value is -0.610. The molecule has 1 aliphatic rings. The summed E-state index contributed by atoms with van der Waals surface area (Å²) < 4.78 is 0. The molecule has 0 saturated heterocycles. The Morgan fingerprint density at radius 1 is 1.24 bits per heavy atom. The molecular formula is C17H27ClN2O. The van der Waals surface area contributed by atoms with Crippen LogP contribution in [-0.4, -0.2) is 42.8 Å². The van der Waals surface area contributed by atoms with Gasteiger partial charge in [-0.3, -0.25) is 0 Å². The van der Waals surface area contributed by atoms with Crippen LogP contribution in [0.15, 0.2) is 24.3 Å². The minimum atomic E-state index is -0.308. The van der Waals surface area contributed by atoms with E-state index < -0.39 is 0 Å². The summed E-state index contributed by atoms with van der Waals surface area (Å²) in [4.78, 5) is 2.39. The molecule has 0 heterocycles. The van der Waals surface area contributed by atoms with Crippen molar-refractivity contribution in [2.24, 2.45) is 5.92 Å². The number of halogens is 1. The maximum atomic E-state index is 10.1. The molecular weight excluding hydrogens is 284 g/mol. The standard InChI is InChI=1S/C17H27ClN2O/c1-3-20(4-2)12-11-19-17(13-21,14-5-6-14)15-7-9-16(18)10-8-15/h7-10,14,19,21H,3-6,11-13H2,1-2H3. The van der Waals surface area contributed by atoms with Crippen LogP contribution in [0.2, 0.25) is 5.02 Å². The fourth-order valence-electron chi connectivity index (χ4n) is 3.06. The van der Waals surface area contributed by atoms with Crippen molar-refractivity contribution in [3.05, 3.63) is 34.9 Å². The average Bonchev–Trinajstić information content (AvgIpc) is 3.34. The number of benzene rings is 1. The Balaban J connectivity index is 2.08. The van der Waals surface area contributed by atoms with Gasteiger partial charge in [0.15, 0.2) is 0 Å². The molecule has 1 saturated carbocycles. The van der Waals surface area contributed by atoms with Crippen molar-refractivity contribution in [3.8, 4) is 0 Å². The zero-order valence-electron chi connectivity index (χ0n) is 13.1. The second-order valence-corrected chi connectivity index (χ2v) is 6.30. The van der Waals surface area contributed by atoms with Crippen LogP contribution < -0.4 is 5.32 Å². The molecule has 0 spiro atoms. The first-order chi connectivity index (χ1) is 10.2. The minimum Gasteiger partial charge on any atom is -0.394 e. The van der Waals surface area contributed by atoms with E-state index >= 15 is 0 Å². The molecule has 1 aliphatic carbocycles. The molecule has 1 atom stereocenters. The lowest BCUT2D eigenvalue weighted by atomic mass is 9.85. The van der Waals surface area contributed by atoms with Gasteiger partial charge in [0.05, 0.1) is 12.1 Å². The van der Waals surface area contributed by atoms with Crippen molar-refractivity contribution in [2.75, 3.05) is 32.8 Å². The van der Waals surface area contributed by atoms with Crippen LogP contribution in [0.5, 0.6) is 0 Å². The third kappa shape index (κ3) is 3.98. The topological polar surface area (TPSA) is 35.5 Å². The van der Waals surface area contributed by atoms with E-state index in [-0.39, 0.29) is 12.1 Å². The summed E-state index contributed by atoms with van der Waals surface area (Å²) in [6.45, 7) is 8.53. The second kappa shape index (κ2) is 7.59. The lowest BCUT2D eigenvalue weighted by molar-refractivity contribution is 0.134. The molecule has 0 aliphatic heterocycles. The fraction of sp³-hybridized carbons (Fsp3) is 0.647. The number of hydrogen-bond acceptors (Lipinski definition) is 3. The second-order valence-electron chi connectivity index (χ2n) is 5.86. The van der Waals surface area contributed by atoms with Crippen LogP contribution in [0.4, 0.5) is 0 Å². The quantitative estimate of drug-likeness (QED) is 0.736. The molecule has 4 heteroatoms. The van der Waals surface area contributed by atoms with Crippen molar-refractivity contribution in [3.63, 3.8) is 0 Å². The van der Waals surface area contributed by atoms with Gasteiger partial charge in [-0.05, 0) is 49.5 Å². The fourth-order valence-corrected chi connectivity index (χ4v) is 3.18. The van der Waals surface area contributed by atoms with Gasteiger partial charge in [0.25, 0.3) is 0 Å². The summed E-state index contributed by atoms with van der Waals surface area (Å²) in [5, 5.41) is 14.5. The molecule has 2 rings (SSSR count). The van der Waals surface area contributed by atoms with Crippen LogP contribution in [0.3, 0.4) is 0 Å². The van der Waals surface area contributed by atoms with E-state index in [9.17, 15) is 5.11 Å². The highest BCUT2D eigenvalue weighted by molar-refractivity contribution is 6.30. The highest BCUT2D eigenvalue weighted by Crippen LogP contribution is 2.45. The van der Waals surface area contributed by atoms with Gasteiger partial charge in [-0.15, -0.1) is 0 Å². The first-order valence-electron chi connectivity index (χ1n) is 8.00. The number of likely N-dealkylation sites (N-methyl/N-ethyl adjacent to an activating group) is 1. The van der Waals surface area contributed by atoms with Crippen molar-refractivity contribution < 1.29 is 5.11 Å². The van der Waals surface area contributed by atoms with E-state index in [1.807, 2.05) is 24.3 Å². The summed E-state index contributed by atoms with van der Waals surface area (Å²) in [6, 6.07) is 7.91. The van der Waals surface area contributed by atoms with Gasteiger partial charge in [-0.1, -0.05) is 37.6 Å². The number of aliphatic hydroxyl groups excluding tert-OH is 1. The van der Waals surface area contributed by atoms with Gasteiger partial charge in [0, 0.05) is 18.1 Å². The first-order valence-corrected chi connectivity index (χ1v) is 8.38. The monoisotopic (exact) mass is 310 g/mol. The molecule has 0 amide bonds. The van der Waals surface area contributed by atoms with Crippen molar-refractivity contribution in [2.45, 2.75) is 32.2 Å². The summed E-state index contributed by atoms with van der Waals surface area (Å²) >= 11 is 5.99. The van der Waals surface area contributed by atoms with Crippen LogP contribution >= 0.6 is 11.6 Å². The van der Waals surface area contributed by atoms with E-state index in [2.05, 4.69) is 24.1 Å². The van der Waals surface area contributed by atoms with Gasteiger partial charge in [-0.25, -0.2) is 0 Å². The van der Waals surface area contributed by atoms with E-state index in [0.29, 0.717) is 5.92 Å². The highest BCUT2D eigenvalue weighted by atomic mass is 35.5. The number of nitrogens with one attached hydrogen (secondary N) is 1. The summed E-state index contributed by atoms with van der Waals surface area (Å²) in [5.41, 5.74) is 0.842. The van der Waals surface area contributed by atoms with Gasteiger partial charge in [-0.2, -0.15) is 0 Å². The molecule has 0 aromatic heterocycles. The average molecular weight is 311 g/mol. The molecule has 1 unspecified atom stereocenters. The van der Waals surface area contributed by atoms with Gasteiger partial charge < -0.3 is 15.3 Å². The molecule has 1 aromatic rings. The molecule has 1 fully saturated rings. The summed E-state index contributed by atoms with van der Waals surface area (Å²) in [7, 11) is 0. The Bertz CT molecular complexity index is 429. The summed E-state index contributed by atoms with van der Waals surface area (Å²) in [5.74, 6) is 0.528. The normalized spacial score (nSPS) is 18.0. The Morgan fingerprint density at radius 2 is 1.86 bits per heavy atom. The Labute approximate surface area is 133 Å². The minimum absolute atomic E-state index is 0.136. The number of nitrogens with zero attached hydrogens (tertiary/aromatic N) is 1. The summed E-state index contributed by atoms with van der Waals surface area (Å²) in [6.07, 6.45) is 2.36. The zero-order chi connectivity index (χ0) is 15.3. The van der Waals surface area contributed by atoms with E-state index in [4.69, 9.17) is 11.6 Å². The number of rotatable bonds is 9. The van der Waals surface area contributed by atoms with Gasteiger partial charge >= 0.3 is 0 Å². The van der Waals surface area contributed by atoms with Crippen LogP contribution in [0.25, 0.3) is 0 Å². The predicted octanol–water partition coefficient (Wildman–Crippen LogP) is 2.87. The lowest BCUT2D eigenvalue weighted by Gasteiger charge is -2.35. The molecule has 118 valence electrons. The number of aliphatic hydroxyl groups is 1. The van der Waals surface area contributed by atoms with E-state index in [1.54, 1.807) is 0 Å². The van der Waals surface area contributed by atoms with Crippen molar-refractivity contribution in [1.82, 2.24) is 10.2 Å². The largest absolute Gasteiger partial charge is 0.394 e. The van der Waals surface area contributed by atoms with Crippen LogP contribution in [0.1, 0.15) is 32.3 Å². The molecule has 3 nitrogen and oxygen atoms in total. The zero-order valence-corrected chi connectivity index (χ0v) is 13.9. The van der Waals surface area contributed by atoms with Crippen LogP contribution in [-0.2, 0) is 5.54 Å². The third-order valence-electron chi connectivity index (χ3n) is 4.65. The molecule has 1 aromatic carbocycles. The maximum Gasteiger partial charge on any atom is 0.0698 e. The first kappa shape index (κ1) is 16.8. The molecule has 0 bridgehead atoms. The molecule has 2 N–H and O–H groups in total. The highest BCUT2D eigenvalue weighted by Gasteiger charge is 2.45. The predicted molar refractivity (Wildman–Crippen MR) is 88.7 cm³/mol. The number of hydrogen-bond donors (Lipinski definition) is 2. The molecule has 21 heavy (non-hydrogen) atoms. The van der Waals surface area contributed by atoms with Gasteiger partial charge in [0.2, 0.25) is 0 Å². The Kier molecular flexibility index (Phi) is 6.06. The smallest absolute Gasteiger partial charge is 0.0698 e. The Morgan fingerprint density at radius 3 is 2.33 bits per heavy atom. The third-order valence-corrected chi connectivity index (χ3v) is 4.90. The van der Waals surface area contributed by atoms with Crippen LogP contribution in [0, 0.1) is 5.92 Å². The van der Waals surface area contributed by atoms with Crippen molar-refractivity contribution >= 4 is 11.6 Å². The van der Waals surface area contributed by atoms with E-state index in [0.717, 1.165) is 36.8 Å². The maximum absolute atomic E-state index is 10.1.